The van der Waals surface area contributed by atoms with Crippen LogP contribution in [0, 0.1) is 6.92 Å². The summed E-state index contributed by atoms with van der Waals surface area (Å²) in [6.07, 6.45) is 0. The fourth-order valence-corrected chi connectivity index (χ4v) is 3.71. The van der Waals surface area contributed by atoms with Crippen LogP contribution in [0.15, 0.2) is 23.1 Å². The number of carbonyl (C=O) groups is 1. The van der Waals surface area contributed by atoms with E-state index >= 15 is 0 Å². The Bertz CT molecular complexity index is 584. The van der Waals surface area contributed by atoms with E-state index in [4.69, 9.17) is 5.11 Å². The summed E-state index contributed by atoms with van der Waals surface area (Å²) in [4.78, 5) is 11.0. The van der Waals surface area contributed by atoms with E-state index in [1.54, 1.807) is 25.6 Å². The lowest BCUT2D eigenvalue weighted by atomic mass is 10.1. The van der Waals surface area contributed by atoms with Gasteiger partial charge in [-0.3, -0.25) is 0 Å². The Morgan fingerprint density at radius 1 is 1.45 bits per heavy atom. The largest absolute Gasteiger partial charge is 0.478 e. The van der Waals surface area contributed by atoms with Gasteiger partial charge in [0.25, 0.3) is 0 Å². The molecule has 0 aromatic heterocycles. The molecule has 5 nitrogen and oxygen atoms in total. The molecule has 0 aliphatic carbocycles. The van der Waals surface area contributed by atoms with Gasteiger partial charge in [-0.25, -0.2) is 17.9 Å². The Morgan fingerprint density at radius 2 is 2.10 bits per heavy atom. The minimum absolute atomic E-state index is 0.00320. The monoisotopic (exact) mass is 317 g/mol. The van der Waals surface area contributed by atoms with Gasteiger partial charge in [-0.05, 0) is 37.3 Å². The number of aryl methyl sites for hydroxylation is 1. The first-order chi connectivity index (χ1) is 9.27. The van der Waals surface area contributed by atoms with Crippen molar-refractivity contribution >= 4 is 27.8 Å². The first-order valence-electron chi connectivity index (χ1n) is 6.22. The van der Waals surface area contributed by atoms with Crippen molar-refractivity contribution in [2.45, 2.75) is 31.7 Å². The van der Waals surface area contributed by atoms with Crippen LogP contribution < -0.4 is 4.72 Å². The molecule has 0 heterocycles. The molecule has 0 saturated heterocycles. The number of benzene rings is 1. The minimum Gasteiger partial charge on any atom is -0.478 e. The third-order valence-corrected chi connectivity index (χ3v) is 5.41. The van der Waals surface area contributed by atoms with Crippen molar-refractivity contribution in [1.29, 1.82) is 0 Å². The number of carboxylic acids is 1. The van der Waals surface area contributed by atoms with Crippen molar-refractivity contribution in [3.8, 4) is 0 Å². The molecule has 1 rings (SSSR count). The molecule has 1 atom stereocenters. The lowest BCUT2D eigenvalue weighted by molar-refractivity contribution is 0.0696. The number of hydrogen-bond donors (Lipinski definition) is 2. The standard InChI is InChI=1S/C13H19NO4S2/c1-4-19-8-10(3)14-20(17,18)11-6-5-9(2)12(7-11)13(15)16/h5-7,10,14H,4,8H2,1-3H3,(H,15,16). The summed E-state index contributed by atoms with van der Waals surface area (Å²) in [5.41, 5.74) is 0.537. The summed E-state index contributed by atoms with van der Waals surface area (Å²) >= 11 is 1.64. The van der Waals surface area contributed by atoms with Crippen LogP contribution in [-0.2, 0) is 10.0 Å². The van der Waals surface area contributed by atoms with Crippen molar-refractivity contribution in [1.82, 2.24) is 4.72 Å². The molecular weight excluding hydrogens is 298 g/mol. The molecule has 0 aliphatic rings. The molecule has 0 bridgehead atoms. The molecule has 0 fully saturated rings. The molecule has 7 heteroatoms. The predicted octanol–water partition coefficient (Wildman–Crippen LogP) is 2.11. The third-order valence-electron chi connectivity index (χ3n) is 2.68. The van der Waals surface area contributed by atoms with Crippen LogP contribution in [0.2, 0.25) is 0 Å². The quantitative estimate of drug-likeness (QED) is 0.805. The summed E-state index contributed by atoms with van der Waals surface area (Å²) in [7, 11) is -3.69. The van der Waals surface area contributed by atoms with Crippen LogP contribution in [-0.4, -0.2) is 37.0 Å². The average molecular weight is 317 g/mol. The molecule has 0 saturated carbocycles. The molecule has 20 heavy (non-hydrogen) atoms. The Morgan fingerprint density at radius 3 is 2.65 bits per heavy atom. The molecular formula is C13H19NO4S2. The first-order valence-corrected chi connectivity index (χ1v) is 8.85. The minimum atomic E-state index is -3.69. The van der Waals surface area contributed by atoms with Gasteiger partial charge in [-0.1, -0.05) is 13.0 Å². The number of hydrogen-bond acceptors (Lipinski definition) is 4. The Balaban J connectivity index is 2.98. The number of rotatable bonds is 7. The zero-order chi connectivity index (χ0) is 15.3. The second-order valence-electron chi connectivity index (χ2n) is 4.46. The van der Waals surface area contributed by atoms with Gasteiger partial charge in [0.15, 0.2) is 0 Å². The predicted molar refractivity (Wildman–Crippen MR) is 80.9 cm³/mol. The highest BCUT2D eigenvalue weighted by Gasteiger charge is 2.19. The fourth-order valence-electron chi connectivity index (χ4n) is 1.66. The lowest BCUT2D eigenvalue weighted by Crippen LogP contribution is -2.34. The Hall–Kier alpha value is -1.05. The second kappa shape index (κ2) is 7.10. The smallest absolute Gasteiger partial charge is 0.335 e. The summed E-state index contributed by atoms with van der Waals surface area (Å²) < 4.78 is 26.9. The second-order valence-corrected chi connectivity index (χ2v) is 7.50. The normalized spacial score (nSPS) is 13.2. The Labute approximate surface area is 123 Å². The van der Waals surface area contributed by atoms with E-state index < -0.39 is 16.0 Å². The van der Waals surface area contributed by atoms with E-state index in [0.717, 1.165) is 5.75 Å². The van der Waals surface area contributed by atoms with E-state index in [-0.39, 0.29) is 16.5 Å². The maximum absolute atomic E-state index is 12.2. The maximum atomic E-state index is 12.2. The van der Waals surface area contributed by atoms with Gasteiger partial charge in [0, 0.05) is 11.8 Å². The van der Waals surface area contributed by atoms with E-state index in [2.05, 4.69) is 4.72 Å². The molecule has 1 unspecified atom stereocenters. The summed E-state index contributed by atoms with van der Waals surface area (Å²) in [6, 6.07) is 3.91. The molecule has 2 N–H and O–H groups in total. The van der Waals surface area contributed by atoms with E-state index in [1.165, 1.54) is 18.2 Å². The van der Waals surface area contributed by atoms with Gasteiger partial charge >= 0.3 is 5.97 Å². The first kappa shape index (κ1) is 17.0. The molecule has 1 aromatic rings. The summed E-state index contributed by atoms with van der Waals surface area (Å²) in [5, 5.41) is 9.04. The van der Waals surface area contributed by atoms with Gasteiger partial charge in [0.1, 0.15) is 0 Å². The van der Waals surface area contributed by atoms with Crippen molar-refractivity contribution < 1.29 is 18.3 Å². The third kappa shape index (κ3) is 4.50. The van der Waals surface area contributed by atoms with Gasteiger partial charge in [-0.2, -0.15) is 11.8 Å². The SMILES string of the molecule is CCSCC(C)NS(=O)(=O)c1ccc(C)c(C(=O)O)c1. The number of sulfonamides is 1. The van der Waals surface area contributed by atoms with Crippen molar-refractivity contribution in [3.05, 3.63) is 29.3 Å². The average Bonchev–Trinajstić information content (AvgIpc) is 2.35. The van der Waals surface area contributed by atoms with Crippen LogP contribution in [0.3, 0.4) is 0 Å². The zero-order valence-corrected chi connectivity index (χ0v) is 13.3. The molecule has 0 radical (unpaired) electrons. The zero-order valence-electron chi connectivity index (χ0n) is 11.7. The highest BCUT2D eigenvalue weighted by atomic mass is 32.2. The number of carboxylic acid groups (broad SMARTS) is 1. The molecule has 112 valence electrons. The fraction of sp³-hybridized carbons (Fsp3) is 0.462. The van der Waals surface area contributed by atoms with E-state index in [9.17, 15) is 13.2 Å². The maximum Gasteiger partial charge on any atom is 0.335 e. The van der Waals surface area contributed by atoms with Crippen molar-refractivity contribution in [2.24, 2.45) is 0 Å². The lowest BCUT2D eigenvalue weighted by Gasteiger charge is -2.14. The molecule has 0 amide bonds. The highest BCUT2D eigenvalue weighted by Crippen LogP contribution is 2.16. The topological polar surface area (TPSA) is 83.5 Å². The van der Waals surface area contributed by atoms with Crippen molar-refractivity contribution in [3.63, 3.8) is 0 Å². The Kier molecular flexibility index (Phi) is 6.04. The van der Waals surface area contributed by atoms with Gasteiger partial charge < -0.3 is 5.11 Å². The van der Waals surface area contributed by atoms with E-state index in [1.807, 2.05) is 6.92 Å². The van der Waals surface area contributed by atoms with Crippen LogP contribution in [0.4, 0.5) is 0 Å². The summed E-state index contributed by atoms with van der Waals surface area (Å²) in [5.74, 6) is 0.460. The molecule has 0 spiro atoms. The molecule has 1 aromatic carbocycles. The number of thioether (sulfide) groups is 1. The van der Waals surface area contributed by atoms with Crippen molar-refractivity contribution in [2.75, 3.05) is 11.5 Å². The van der Waals surface area contributed by atoms with Gasteiger partial charge in [0.2, 0.25) is 10.0 Å². The highest BCUT2D eigenvalue weighted by molar-refractivity contribution is 7.99. The van der Waals surface area contributed by atoms with E-state index in [0.29, 0.717) is 11.3 Å². The summed E-state index contributed by atoms with van der Waals surface area (Å²) in [6.45, 7) is 5.42. The van der Waals surface area contributed by atoms with Crippen LogP contribution in [0.5, 0.6) is 0 Å². The number of nitrogens with one attached hydrogen (secondary N) is 1. The van der Waals surface area contributed by atoms with Crippen LogP contribution >= 0.6 is 11.8 Å². The van der Waals surface area contributed by atoms with Crippen LogP contribution in [0.25, 0.3) is 0 Å². The number of aromatic carboxylic acids is 1. The molecule has 0 aliphatic heterocycles. The van der Waals surface area contributed by atoms with Gasteiger partial charge in [0.05, 0.1) is 10.5 Å². The van der Waals surface area contributed by atoms with Crippen LogP contribution in [0.1, 0.15) is 29.8 Å². The van der Waals surface area contributed by atoms with Gasteiger partial charge in [-0.15, -0.1) is 0 Å².